The second-order valence-corrected chi connectivity index (χ2v) is 17.9. The third-order valence-electron chi connectivity index (χ3n) is 9.29. The molecule has 0 aromatic heterocycles. The zero-order valence-electron chi connectivity index (χ0n) is 29.4. The molecule has 3 saturated heterocycles. The Morgan fingerprint density at radius 1 is 0.958 bits per heavy atom. The summed E-state index contributed by atoms with van der Waals surface area (Å²) in [7, 11) is -1.92. The van der Waals surface area contributed by atoms with Gasteiger partial charge in [-0.3, -0.25) is 0 Å². The highest BCUT2D eigenvalue weighted by atomic mass is 32.5. The van der Waals surface area contributed by atoms with Crippen LogP contribution >= 0.6 is 15.3 Å². The van der Waals surface area contributed by atoms with E-state index >= 15 is 0 Å². The van der Waals surface area contributed by atoms with E-state index in [-0.39, 0.29) is 43.7 Å². The predicted molar refractivity (Wildman–Crippen MR) is 185 cm³/mol. The van der Waals surface area contributed by atoms with E-state index in [4.69, 9.17) is 53.2 Å². The highest BCUT2D eigenvalue weighted by Crippen LogP contribution is 2.56. The van der Waals surface area contributed by atoms with Crippen molar-refractivity contribution in [1.29, 1.82) is 10.5 Å². The molecule has 0 spiro atoms. The van der Waals surface area contributed by atoms with Crippen molar-refractivity contribution in [1.82, 2.24) is 0 Å². The number of ether oxygens (including phenoxy) is 3. The molecule has 3 aliphatic rings. The lowest BCUT2D eigenvalue weighted by atomic mass is 9.77. The normalized spacial score (nSPS) is 30.5. The van der Waals surface area contributed by atoms with Gasteiger partial charge in [-0.2, -0.15) is 10.5 Å². The topological polar surface area (TPSA) is 151 Å². The number of aliphatic hydroxyl groups excluding tert-OH is 1. The number of nitriles is 2. The highest BCUT2D eigenvalue weighted by molar-refractivity contribution is 8.07. The van der Waals surface area contributed by atoms with Gasteiger partial charge in [0.2, 0.25) is 0 Å². The molecule has 3 aliphatic heterocycles. The van der Waals surface area contributed by atoms with Crippen molar-refractivity contribution in [3.8, 4) is 12.1 Å². The van der Waals surface area contributed by atoms with Gasteiger partial charge in [0.25, 0.3) is 0 Å². The Morgan fingerprint density at radius 2 is 1.58 bits per heavy atom. The largest absolute Gasteiger partial charge is 0.390 e. The molecule has 3 rings (SSSR count). The molecule has 48 heavy (non-hydrogen) atoms. The molecule has 0 aromatic rings. The van der Waals surface area contributed by atoms with Crippen LogP contribution < -0.4 is 0 Å². The summed E-state index contributed by atoms with van der Waals surface area (Å²) in [6.07, 6.45) is 2.46. The minimum absolute atomic E-state index is 0.00712. The Labute approximate surface area is 293 Å². The van der Waals surface area contributed by atoms with Crippen LogP contribution in [0.1, 0.15) is 92.9 Å². The van der Waals surface area contributed by atoms with Crippen LogP contribution in [0.15, 0.2) is 12.7 Å². The van der Waals surface area contributed by atoms with Gasteiger partial charge in [-0.25, -0.2) is 0 Å². The second-order valence-electron chi connectivity index (χ2n) is 13.9. The fourth-order valence-corrected chi connectivity index (χ4v) is 9.79. The first-order valence-electron chi connectivity index (χ1n) is 17.1. The smallest absolute Gasteiger partial charge is 0.333 e. The van der Waals surface area contributed by atoms with Gasteiger partial charge in [0.15, 0.2) is 0 Å². The lowest BCUT2D eigenvalue weighted by Gasteiger charge is -2.37. The zero-order chi connectivity index (χ0) is 35.4. The van der Waals surface area contributed by atoms with Gasteiger partial charge in [0.1, 0.15) is 12.2 Å². The van der Waals surface area contributed by atoms with Gasteiger partial charge in [-0.15, -0.1) is 6.58 Å². The van der Waals surface area contributed by atoms with Crippen LogP contribution in [0.3, 0.4) is 0 Å². The van der Waals surface area contributed by atoms with E-state index in [0.29, 0.717) is 45.5 Å². The minimum atomic E-state index is -3.48. The summed E-state index contributed by atoms with van der Waals surface area (Å²) >= 11 is 5.95. The number of allylic oxidation sites excluding steroid dienone is 1. The van der Waals surface area contributed by atoms with Crippen molar-refractivity contribution in [2.45, 2.75) is 142 Å². The summed E-state index contributed by atoms with van der Waals surface area (Å²) in [6.45, 7) is 14.0. The van der Waals surface area contributed by atoms with Crippen molar-refractivity contribution in [3.05, 3.63) is 12.7 Å². The number of hydrogen-bond donors (Lipinski definition) is 1. The SMILES string of the molecule is C=CCC(C)(CC)C(CC#N)OP(OCC1OCCC1OP(=S)(OCC1OCCC1O)OC(CC#N)C(C)(C)C)OC1CCOC1CC. The Kier molecular flexibility index (Phi) is 17.3. The fourth-order valence-electron chi connectivity index (χ4n) is 5.75. The van der Waals surface area contributed by atoms with Crippen LogP contribution in [0.5, 0.6) is 0 Å². The van der Waals surface area contributed by atoms with Gasteiger partial charge < -0.3 is 46.5 Å². The van der Waals surface area contributed by atoms with Crippen molar-refractivity contribution in [3.63, 3.8) is 0 Å². The Morgan fingerprint density at radius 3 is 2.17 bits per heavy atom. The molecule has 274 valence electrons. The lowest BCUT2D eigenvalue weighted by molar-refractivity contribution is -0.0325. The molecule has 0 radical (unpaired) electrons. The summed E-state index contributed by atoms with van der Waals surface area (Å²) in [5, 5.41) is 29.6. The van der Waals surface area contributed by atoms with E-state index in [2.05, 4.69) is 39.5 Å². The van der Waals surface area contributed by atoms with Crippen LogP contribution in [0.25, 0.3) is 0 Å². The molecular weight excluding hydrogens is 678 g/mol. The van der Waals surface area contributed by atoms with Crippen LogP contribution in [-0.2, 0) is 53.2 Å². The van der Waals surface area contributed by atoms with Gasteiger partial charge in [0, 0.05) is 32.7 Å². The first-order chi connectivity index (χ1) is 22.8. The Bertz CT molecular complexity index is 1130. The molecule has 3 heterocycles. The van der Waals surface area contributed by atoms with E-state index in [0.717, 1.165) is 12.8 Å². The Balaban J connectivity index is 1.79. The molecule has 0 aromatic carbocycles. The first kappa shape index (κ1) is 41.8. The number of aliphatic hydroxyl groups is 1. The standard InChI is InChI=1S/C33H56N2O10P2S/c1-8-16-33(7,10-3)31(12-18-35)43-46(42-26-14-20-37-25(26)9-2)40-22-29-27(15-21-39-29)44-47(48,41-23-28-24(36)13-19-38-28)45-30(11-17-34)32(4,5)6/h8,24-31,36H,1,9-16,19-23H2,2-7H3. The summed E-state index contributed by atoms with van der Waals surface area (Å²) in [6, 6.07) is 4.46. The molecule has 1 N–H and O–H groups in total. The fraction of sp³-hybridized carbons (Fsp3) is 0.879. The maximum Gasteiger partial charge on any atom is 0.333 e. The van der Waals surface area contributed by atoms with Crippen LogP contribution in [0.2, 0.25) is 0 Å². The van der Waals surface area contributed by atoms with E-state index in [1.54, 1.807) is 0 Å². The molecule has 11 atom stereocenters. The highest BCUT2D eigenvalue weighted by Gasteiger charge is 2.43. The first-order valence-corrected chi connectivity index (χ1v) is 20.7. The second kappa shape index (κ2) is 19.9. The quantitative estimate of drug-likeness (QED) is 0.0952. The van der Waals surface area contributed by atoms with E-state index < -0.39 is 57.4 Å². The molecule has 11 unspecified atom stereocenters. The monoisotopic (exact) mass is 734 g/mol. The molecule has 0 bridgehead atoms. The van der Waals surface area contributed by atoms with Crippen molar-refractivity contribution in [2.75, 3.05) is 33.0 Å². The van der Waals surface area contributed by atoms with Gasteiger partial charge in [0.05, 0.1) is 74.8 Å². The van der Waals surface area contributed by atoms with Gasteiger partial charge >= 0.3 is 15.3 Å². The molecule has 0 aliphatic carbocycles. The van der Waals surface area contributed by atoms with E-state index in [1.807, 2.05) is 26.8 Å². The van der Waals surface area contributed by atoms with E-state index in [1.165, 1.54) is 0 Å². The third-order valence-corrected chi connectivity index (χ3v) is 12.9. The molecule has 15 heteroatoms. The van der Waals surface area contributed by atoms with Gasteiger partial charge in [-0.05, 0) is 48.3 Å². The summed E-state index contributed by atoms with van der Waals surface area (Å²) in [4.78, 5) is 0. The predicted octanol–water partition coefficient (Wildman–Crippen LogP) is 7.02. The van der Waals surface area contributed by atoms with Crippen LogP contribution in [0, 0.1) is 33.5 Å². The summed E-state index contributed by atoms with van der Waals surface area (Å²) < 4.78 is 55.9. The summed E-state index contributed by atoms with van der Waals surface area (Å²) in [5.41, 5.74) is -0.769. The average molecular weight is 735 g/mol. The van der Waals surface area contributed by atoms with E-state index in [9.17, 15) is 15.6 Å². The maximum atomic E-state index is 10.3. The number of rotatable bonds is 21. The van der Waals surface area contributed by atoms with Crippen LogP contribution in [-0.4, -0.2) is 87.0 Å². The maximum absolute atomic E-state index is 10.3. The average Bonchev–Trinajstić information content (AvgIpc) is 3.79. The molecule has 0 saturated carbocycles. The third kappa shape index (κ3) is 12.3. The van der Waals surface area contributed by atoms with Crippen LogP contribution in [0.4, 0.5) is 0 Å². The Hall–Kier alpha value is -0.600. The van der Waals surface area contributed by atoms with Crippen molar-refractivity contribution in [2.24, 2.45) is 10.8 Å². The number of hydrogen-bond acceptors (Lipinski definition) is 13. The molecule has 12 nitrogen and oxygen atoms in total. The summed E-state index contributed by atoms with van der Waals surface area (Å²) in [5.74, 6) is 0. The molecular formula is C33H56N2O10P2S. The zero-order valence-corrected chi connectivity index (χ0v) is 32.0. The lowest BCUT2D eigenvalue weighted by Crippen LogP contribution is -2.35. The van der Waals surface area contributed by atoms with Gasteiger partial charge in [-0.1, -0.05) is 47.6 Å². The minimum Gasteiger partial charge on any atom is -0.390 e. The molecule has 3 fully saturated rings. The van der Waals surface area contributed by atoms with Crippen molar-refractivity contribution < 1.29 is 46.5 Å². The molecule has 0 amide bonds. The van der Waals surface area contributed by atoms with Crippen molar-refractivity contribution >= 4 is 27.1 Å². The number of nitrogens with zero attached hydrogens (tertiary/aromatic N) is 2.